The van der Waals surface area contributed by atoms with Crippen molar-refractivity contribution in [3.8, 4) is 11.5 Å². The SMILES string of the molecule is COc1cc2nc(Nc3ccc(F)cc3)[nH]c2cc1OC. The van der Waals surface area contributed by atoms with Crippen LogP contribution < -0.4 is 14.8 Å². The van der Waals surface area contributed by atoms with Crippen molar-refractivity contribution in [2.45, 2.75) is 0 Å². The summed E-state index contributed by atoms with van der Waals surface area (Å²) in [5.41, 5.74) is 2.31. The maximum atomic E-state index is 12.9. The van der Waals surface area contributed by atoms with Crippen LogP contribution in [0.2, 0.25) is 0 Å². The maximum absolute atomic E-state index is 12.9. The van der Waals surface area contributed by atoms with E-state index in [0.29, 0.717) is 17.4 Å². The van der Waals surface area contributed by atoms with Crippen LogP contribution in [0.3, 0.4) is 0 Å². The molecular weight excluding hydrogens is 273 g/mol. The molecule has 6 heteroatoms. The highest BCUT2D eigenvalue weighted by atomic mass is 19.1. The van der Waals surface area contributed by atoms with E-state index in [1.54, 1.807) is 32.4 Å². The molecule has 21 heavy (non-hydrogen) atoms. The molecule has 0 bridgehead atoms. The Morgan fingerprint density at radius 3 is 2.38 bits per heavy atom. The minimum absolute atomic E-state index is 0.278. The largest absolute Gasteiger partial charge is 0.493 e. The third kappa shape index (κ3) is 2.60. The number of aromatic nitrogens is 2. The molecule has 108 valence electrons. The Bertz CT molecular complexity index is 727. The van der Waals surface area contributed by atoms with E-state index < -0.39 is 0 Å². The van der Waals surface area contributed by atoms with Crippen molar-refractivity contribution < 1.29 is 13.9 Å². The van der Waals surface area contributed by atoms with Crippen molar-refractivity contribution in [3.63, 3.8) is 0 Å². The first-order chi connectivity index (χ1) is 10.2. The van der Waals surface area contributed by atoms with Crippen LogP contribution in [0.5, 0.6) is 11.5 Å². The van der Waals surface area contributed by atoms with Crippen LogP contribution in [0.25, 0.3) is 11.0 Å². The van der Waals surface area contributed by atoms with Crippen molar-refractivity contribution in [1.82, 2.24) is 9.97 Å². The van der Waals surface area contributed by atoms with Gasteiger partial charge in [-0.2, -0.15) is 0 Å². The molecule has 5 nitrogen and oxygen atoms in total. The fraction of sp³-hybridized carbons (Fsp3) is 0.133. The molecule has 3 rings (SSSR count). The summed E-state index contributed by atoms with van der Waals surface area (Å²) in [6.45, 7) is 0. The number of H-pyrrole nitrogens is 1. The molecule has 3 aromatic rings. The van der Waals surface area contributed by atoms with Crippen molar-refractivity contribution in [3.05, 3.63) is 42.2 Å². The van der Waals surface area contributed by atoms with Crippen LogP contribution >= 0.6 is 0 Å². The number of methoxy groups -OCH3 is 2. The van der Waals surface area contributed by atoms with Gasteiger partial charge < -0.3 is 19.8 Å². The Morgan fingerprint density at radius 2 is 1.71 bits per heavy atom. The van der Waals surface area contributed by atoms with E-state index in [0.717, 1.165) is 16.7 Å². The smallest absolute Gasteiger partial charge is 0.205 e. The molecule has 0 saturated heterocycles. The molecule has 0 fully saturated rings. The number of halogens is 1. The second-order valence-corrected chi connectivity index (χ2v) is 4.44. The van der Waals surface area contributed by atoms with Crippen LogP contribution in [0, 0.1) is 5.82 Å². The zero-order valence-corrected chi connectivity index (χ0v) is 11.6. The van der Waals surface area contributed by atoms with Crippen molar-refractivity contribution in [1.29, 1.82) is 0 Å². The minimum atomic E-state index is -0.278. The summed E-state index contributed by atoms with van der Waals surface area (Å²) in [4.78, 5) is 7.55. The van der Waals surface area contributed by atoms with Crippen LogP contribution in [-0.2, 0) is 0 Å². The number of nitrogens with one attached hydrogen (secondary N) is 2. The number of ether oxygens (including phenoxy) is 2. The van der Waals surface area contributed by atoms with E-state index in [2.05, 4.69) is 15.3 Å². The summed E-state index contributed by atoms with van der Waals surface area (Å²) in [6, 6.07) is 9.67. The van der Waals surface area contributed by atoms with Crippen molar-refractivity contribution >= 4 is 22.7 Å². The zero-order valence-electron chi connectivity index (χ0n) is 11.6. The number of nitrogens with zero attached hydrogens (tertiary/aromatic N) is 1. The van der Waals surface area contributed by atoms with Crippen molar-refractivity contribution in [2.24, 2.45) is 0 Å². The lowest BCUT2D eigenvalue weighted by atomic mass is 10.3. The lowest BCUT2D eigenvalue weighted by molar-refractivity contribution is 0.356. The number of hydrogen-bond donors (Lipinski definition) is 2. The summed E-state index contributed by atoms with van der Waals surface area (Å²) in [6.07, 6.45) is 0. The second-order valence-electron chi connectivity index (χ2n) is 4.44. The number of imidazole rings is 1. The summed E-state index contributed by atoms with van der Waals surface area (Å²) in [5, 5.41) is 3.08. The Kier molecular flexibility index (Phi) is 3.35. The Labute approximate surface area is 120 Å². The number of fused-ring (bicyclic) bond motifs is 1. The van der Waals surface area contributed by atoms with E-state index in [4.69, 9.17) is 9.47 Å². The second kappa shape index (κ2) is 5.32. The lowest BCUT2D eigenvalue weighted by Gasteiger charge is -2.06. The van der Waals surface area contributed by atoms with Gasteiger partial charge in [0.05, 0.1) is 25.3 Å². The van der Waals surface area contributed by atoms with Gasteiger partial charge in [-0.05, 0) is 24.3 Å². The van der Waals surface area contributed by atoms with Gasteiger partial charge >= 0.3 is 0 Å². The van der Waals surface area contributed by atoms with Crippen LogP contribution in [-0.4, -0.2) is 24.2 Å². The van der Waals surface area contributed by atoms with Gasteiger partial charge in [0, 0.05) is 17.8 Å². The zero-order chi connectivity index (χ0) is 14.8. The first-order valence-corrected chi connectivity index (χ1v) is 6.34. The topological polar surface area (TPSA) is 59.2 Å². The highest BCUT2D eigenvalue weighted by Crippen LogP contribution is 2.32. The van der Waals surface area contributed by atoms with Gasteiger partial charge in [-0.1, -0.05) is 0 Å². The van der Waals surface area contributed by atoms with Gasteiger partial charge in [-0.25, -0.2) is 9.37 Å². The molecule has 0 saturated carbocycles. The standard InChI is InChI=1S/C15H14FN3O2/c1-20-13-7-11-12(8-14(13)21-2)19-15(18-11)17-10-5-3-9(16)4-6-10/h3-8H,1-2H3,(H2,17,18,19). The summed E-state index contributed by atoms with van der Waals surface area (Å²) in [7, 11) is 3.16. The molecule has 0 atom stereocenters. The highest BCUT2D eigenvalue weighted by molar-refractivity contribution is 5.82. The van der Waals surface area contributed by atoms with Gasteiger partial charge in [-0.3, -0.25) is 0 Å². The van der Waals surface area contributed by atoms with E-state index in [1.165, 1.54) is 12.1 Å². The van der Waals surface area contributed by atoms with E-state index in [9.17, 15) is 4.39 Å². The maximum Gasteiger partial charge on any atom is 0.205 e. The summed E-state index contributed by atoms with van der Waals surface area (Å²) in [5.74, 6) is 1.53. The molecule has 0 aliphatic rings. The van der Waals surface area contributed by atoms with Gasteiger partial charge in [0.15, 0.2) is 11.5 Å². The normalized spacial score (nSPS) is 10.6. The Balaban J connectivity index is 1.95. The Hall–Kier alpha value is -2.76. The predicted octanol–water partition coefficient (Wildman–Crippen LogP) is 3.46. The first kappa shape index (κ1) is 13.2. The van der Waals surface area contributed by atoms with E-state index >= 15 is 0 Å². The molecule has 1 heterocycles. The summed E-state index contributed by atoms with van der Waals surface area (Å²) >= 11 is 0. The number of benzene rings is 2. The van der Waals surface area contributed by atoms with Gasteiger partial charge in [0.2, 0.25) is 5.95 Å². The average molecular weight is 287 g/mol. The quantitative estimate of drug-likeness (QED) is 0.771. The minimum Gasteiger partial charge on any atom is -0.493 e. The average Bonchev–Trinajstić information content (AvgIpc) is 2.89. The Morgan fingerprint density at radius 1 is 1.05 bits per heavy atom. The lowest BCUT2D eigenvalue weighted by Crippen LogP contribution is -1.91. The molecular formula is C15H14FN3O2. The molecule has 1 aromatic heterocycles. The van der Waals surface area contributed by atoms with E-state index in [1.807, 2.05) is 6.07 Å². The van der Waals surface area contributed by atoms with Crippen LogP contribution in [0.4, 0.5) is 16.0 Å². The molecule has 0 unspecified atom stereocenters. The fourth-order valence-corrected chi connectivity index (χ4v) is 2.07. The van der Waals surface area contributed by atoms with Crippen LogP contribution in [0.1, 0.15) is 0 Å². The first-order valence-electron chi connectivity index (χ1n) is 6.34. The van der Waals surface area contributed by atoms with Gasteiger partial charge in [-0.15, -0.1) is 0 Å². The van der Waals surface area contributed by atoms with Gasteiger partial charge in [0.1, 0.15) is 5.82 Å². The fourth-order valence-electron chi connectivity index (χ4n) is 2.07. The molecule has 0 amide bonds. The molecule has 0 radical (unpaired) electrons. The number of anilines is 2. The molecule has 2 aromatic carbocycles. The summed E-state index contributed by atoms with van der Waals surface area (Å²) < 4.78 is 23.4. The molecule has 2 N–H and O–H groups in total. The molecule has 0 aliphatic carbocycles. The molecule has 0 aliphatic heterocycles. The number of hydrogen-bond acceptors (Lipinski definition) is 4. The van der Waals surface area contributed by atoms with Crippen molar-refractivity contribution in [2.75, 3.05) is 19.5 Å². The van der Waals surface area contributed by atoms with Gasteiger partial charge in [0.25, 0.3) is 0 Å². The monoisotopic (exact) mass is 287 g/mol. The number of aromatic amines is 1. The third-order valence-electron chi connectivity index (χ3n) is 3.09. The number of rotatable bonds is 4. The highest BCUT2D eigenvalue weighted by Gasteiger charge is 2.10. The van der Waals surface area contributed by atoms with E-state index in [-0.39, 0.29) is 5.82 Å². The predicted molar refractivity (Wildman–Crippen MR) is 78.9 cm³/mol. The van der Waals surface area contributed by atoms with Crippen LogP contribution in [0.15, 0.2) is 36.4 Å². The molecule has 0 spiro atoms. The third-order valence-corrected chi connectivity index (χ3v) is 3.09.